The second-order valence-electron chi connectivity index (χ2n) is 15.9. The van der Waals surface area contributed by atoms with Crippen LogP contribution in [0.1, 0.15) is 94.8 Å². The number of allylic oxidation sites excluding steroid dienone is 2. The third-order valence-corrected chi connectivity index (χ3v) is 14.4. The van der Waals surface area contributed by atoms with Gasteiger partial charge in [0.2, 0.25) is 5.82 Å². The maximum absolute atomic E-state index is 12.9. The first-order chi connectivity index (χ1) is 32.6. The van der Waals surface area contributed by atoms with Gasteiger partial charge in [-0.1, -0.05) is 155 Å². The van der Waals surface area contributed by atoms with Crippen LogP contribution in [-0.2, 0) is 47.9 Å². The first-order valence-electron chi connectivity index (χ1n) is 22.7. The number of imidazole rings is 1. The Bertz CT molecular complexity index is 2540. The molecule has 0 fully saturated rings. The number of aromatic nitrogens is 6. The number of tetrazole rings is 1. The number of nitrogens with zero attached hydrogens (tertiary/aromatic N) is 6. The monoisotopic (exact) mass is 988 g/mol. The molecule has 3 aromatic carbocycles. The predicted molar refractivity (Wildman–Crippen MR) is 267 cm³/mol. The molecule has 0 saturated heterocycles. The second kappa shape index (κ2) is 26.0. The van der Waals surface area contributed by atoms with E-state index in [4.69, 9.17) is 42.1 Å². The highest BCUT2D eigenvalue weighted by Crippen LogP contribution is 2.45. The van der Waals surface area contributed by atoms with Crippen LogP contribution in [-0.4, -0.2) is 92.8 Å². The highest BCUT2D eigenvalue weighted by molar-refractivity contribution is 8.76. The fourth-order valence-corrected chi connectivity index (χ4v) is 10.4. The minimum atomic E-state index is -0.726. The summed E-state index contributed by atoms with van der Waals surface area (Å²) in [5.41, 5.74) is 9.43. The third kappa shape index (κ3) is 13.6. The van der Waals surface area contributed by atoms with Crippen LogP contribution in [0.5, 0.6) is 0 Å². The van der Waals surface area contributed by atoms with E-state index in [1.165, 1.54) is 28.7 Å². The van der Waals surface area contributed by atoms with Crippen LogP contribution >= 0.6 is 44.8 Å². The maximum Gasteiger partial charge on any atom is 0.453 e. The third-order valence-electron chi connectivity index (χ3n) is 11.4. The van der Waals surface area contributed by atoms with Crippen molar-refractivity contribution in [3.63, 3.8) is 0 Å². The zero-order chi connectivity index (χ0) is 47.7. The van der Waals surface area contributed by atoms with E-state index < -0.39 is 6.09 Å². The molecule has 2 aromatic heterocycles. The highest BCUT2D eigenvalue weighted by atomic mass is 35.5. The Kier molecular flexibility index (Phi) is 20.0. The molecule has 1 aliphatic carbocycles. The van der Waals surface area contributed by atoms with Crippen molar-refractivity contribution in [2.45, 2.75) is 91.5 Å². The molecule has 0 N–H and O–H groups in total. The summed E-state index contributed by atoms with van der Waals surface area (Å²) in [5.74, 6) is 1.47. The summed E-state index contributed by atoms with van der Waals surface area (Å²) in [6.45, 7) is 10.2. The Morgan fingerprint density at radius 3 is 2.27 bits per heavy atom. The van der Waals surface area contributed by atoms with E-state index in [1.807, 2.05) is 55.5 Å². The normalized spacial score (nSPS) is 13.9. The molecule has 67 heavy (non-hydrogen) atoms. The Morgan fingerprint density at radius 1 is 0.851 bits per heavy atom. The van der Waals surface area contributed by atoms with Crippen LogP contribution in [0.4, 0.5) is 4.79 Å². The van der Waals surface area contributed by atoms with Gasteiger partial charge in [0.1, 0.15) is 19.0 Å². The molecule has 0 saturated carbocycles. The molecule has 2 heterocycles. The minimum absolute atomic E-state index is 0.140. The van der Waals surface area contributed by atoms with Crippen molar-refractivity contribution < 1.29 is 33.3 Å². The summed E-state index contributed by atoms with van der Waals surface area (Å²) in [6.07, 6.45) is 5.19. The fourth-order valence-electron chi connectivity index (χ4n) is 8.18. The summed E-state index contributed by atoms with van der Waals surface area (Å²) in [7, 11) is 4.42. The number of unbranched alkanes of at least 4 members (excludes halogenated alkanes) is 1. The number of rotatable bonds is 24. The Labute approximate surface area is 410 Å². The summed E-state index contributed by atoms with van der Waals surface area (Å²) >= 11 is 13.1. The van der Waals surface area contributed by atoms with E-state index in [0.717, 1.165) is 93.0 Å². The quantitative estimate of drug-likeness (QED) is 0.0190. The zero-order valence-electron chi connectivity index (χ0n) is 38.7. The maximum atomic E-state index is 12.9. The molecule has 17 heteroatoms. The van der Waals surface area contributed by atoms with Crippen molar-refractivity contribution in [3.05, 3.63) is 128 Å². The van der Waals surface area contributed by atoms with Gasteiger partial charge in [-0.2, -0.15) is 0 Å². The smallest absolute Gasteiger partial charge is 0.453 e. The summed E-state index contributed by atoms with van der Waals surface area (Å²) < 4.78 is 24.3. The lowest BCUT2D eigenvalue weighted by Crippen LogP contribution is -2.23. The standard InChI is InChI=1S/C50H58Cl2N6O7S2/c1-6-9-19-43-53-47(52)42(8-3)57(43)31-34-21-23-35(24-22-34)38-15-10-11-16-39(38)48-54-56-58(55-48)50(61)65-27-29-67-66-28-26-64-44(59)20-14-25-63-32-36-30-33(4)45(49(60)62-5)46(37(36)7-2)40-17-12-13-18-41(40)51/h10-13,15-18,21-24,46H,6-9,14,19-20,25-32H2,1-5H3. The predicted octanol–water partition coefficient (Wildman–Crippen LogP) is 11.6. The van der Waals surface area contributed by atoms with Crippen molar-refractivity contribution in [2.75, 3.05) is 45.0 Å². The Hall–Kier alpha value is -4.93. The van der Waals surface area contributed by atoms with Gasteiger partial charge < -0.3 is 23.5 Å². The molecule has 0 amide bonds. The number of halogens is 2. The fraction of sp³-hybridized carbons (Fsp3) is 0.420. The summed E-state index contributed by atoms with van der Waals surface area (Å²) in [4.78, 5) is 43.6. The van der Waals surface area contributed by atoms with Crippen LogP contribution in [0.15, 0.2) is 95.1 Å². The summed E-state index contributed by atoms with van der Waals surface area (Å²) in [5, 5.41) is 13.7. The molecule has 5 aromatic rings. The average Bonchev–Trinajstić information content (AvgIpc) is 3.95. The van der Waals surface area contributed by atoms with Crippen LogP contribution in [0.25, 0.3) is 22.5 Å². The van der Waals surface area contributed by atoms with Gasteiger partial charge in [-0.3, -0.25) is 4.79 Å². The number of hydrogen-bond acceptors (Lipinski definition) is 13. The minimum Gasteiger partial charge on any atom is -0.466 e. The molecule has 0 spiro atoms. The van der Waals surface area contributed by atoms with Gasteiger partial charge in [0.15, 0.2) is 5.15 Å². The molecule has 0 radical (unpaired) electrons. The molecule has 1 aliphatic rings. The van der Waals surface area contributed by atoms with Crippen molar-refractivity contribution in [2.24, 2.45) is 0 Å². The SMILES string of the molecule is CCCCc1nc(Cl)c(CC)n1Cc1ccc(-c2ccccc2-c2nnn(C(=O)OCCSSCCOC(=O)CCCOCC3=C(CC)C(c4ccccc4Cl)C(C(=O)OC)=C(C)C3)n2)cc1. The van der Waals surface area contributed by atoms with Gasteiger partial charge in [-0.05, 0) is 78.1 Å². The number of ether oxygens (including phenoxy) is 4. The zero-order valence-corrected chi connectivity index (χ0v) is 41.9. The molecule has 1 atom stereocenters. The van der Waals surface area contributed by atoms with Crippen molar-refractivity contribution in [1.82, 2.24) is 29.8 Å². The lowest BCUT2D eigenvalue weighted by atomic mass is 9.74. The molecule has 1 unspecified atom stereocenters. The number of aryl methyl sites for hydroxylation is 1. The Morgan fingerprint density at radius 2 is 1.57 bits per heavy atom. The lowest BCUT2D eigenvalue weighted by Gasteiger charge is -2.32. The van der Waals surface area contributed by atoms with Crippen molar-refractivity contribution in [1.29, 1.82) is 0 Å². The largest absolute Gasteiger partial charge is 0.466 e. The number of benzene rings is 3. The number of esters is 2. The van der Waals surface area contributed by atoms with Crippen LogP contribution in [0.2, 0.25) is 10.2 Å². The van der Waals surface area contributed by atoms with Gasteiger partial charge >= 0.3 is 18.0 Å². The molecule has 6 rings (SSSR count). The van der Waals surface area contributed by atoms with Crippen LogP contribution < -0.4 is 0 Å². The van der Waals surface area contributed by atoms with Gasteiger partial charge in [0, 0.05) is 59.6 Å². The van der Waals surface area contributed by atoms with Gasteiger partial charge in [-0.25, -0.2) is 14.6 Å². The molecule has 0 bridgehead atoms. The second-order valence-corrected chi connectivity index (χ2v) is 19.4. The molecule has 13 nitrogen and oxygen atoms in total. The van der Waals surface area contributed by atoms with E-state index in [0.29, 0.717) is 65.7 Å². The lowest BCUT2D eigenvalue weighted by molar-refractivity contribution is -0.143. The first-order valence-corrected chi connectivity index (χ1v) is 25.9. The van der Waals surface area contributed by atoms with Gasteiger partial charge in [-0.15, -0.1) is 10.2 Å². The molecular weight excluding hydrogens is 932 g/mol. The van der Waals surface area contributed by atoms with E-state index in [1.54, 1.807) is 0 Å². The highest BCUT2D eigenvalue weighted by Gasteiger charge is 2.34. The number of methoxy groups -OCH3 is 1. The average molecular weight is 990 g/mol. The number of carbonyl (C=O) groups is 3. The number of hydrogen-bond donors (Lipinski definition) is 0. The van der Waals surface area contributed by atoms with Gasteiger partial charge in [0.05, 0.1) is 19.4 Å². The van der Waals surface area contributed by atoms with Crippen LogP contribution in [0.3, 0.4) is 0 Å². The molecular formula is C50H58Cl2N6O7S2. The van der Waals surface area contributed by atoms with Crippen molar-refractivity contribution in [3.8, 4) is 22.5 Å². The molecule has 0 aliphatic heterocycles. The van der Waals surface area contributed by atoms with Crippen molar-refractivity contribution >= 4 is 62.8 Å². The van der Waals surface area contributed by atoms with Gasteiger partial charge in [0.25, 0.3) is 0 Å². The first kappa shape index (κ1) is 51.5. The van der Waals surface area contributed by atoms with E-state index in [-0.39, 0.29) is 37.5 Å². The number of carbonyl (C=O) groups excluding carboxylic acids is 3. The summed E-state index contributed by atoms with van der Waals surface area (Å²) in [6, 6.07) is 23.7. The van der Waals surface area contributed by atoms with E-state index in [9.17, 15) is 14.4 Å². The van der Waals surface area contributed by atoms with E-state index >= 15 is 0 Å². The van der Waals surface area contributed by atoms with E-state index in [2.05, 4.69) is 70.0 Å². The topological polar surface area (TPSA) is 150 Å². The molecule has 356 valence electrons. The van der Waals surface area contributed by atoms with Crippen LogP contribution in [0, 0.1) is 0 Å². The Balaban J connectivity index is 0.880.